The maximum Gasteiger partial charge on any atom is 0.122 e. The van der Waals surface area contributed by atoms with Crippen molar-refractivity contribution >= 4 is 5.82 Å². The van der Waals surface area contributed by atoms with E-state index in [1.807, 2.05) is 24.3 Å². The minimum atomic E-state index is -0.327. The Bertz CT molecular complexity index is 591. The summed E-state index contributed by atoms with van der Waals surface area (Å²) in [5, 5.41) is 14.6. The summed E-state index contributed by atoms with van der Waals surface area (Å²) in [6.45, 7) is 2.06. The van der Waals surface area contributed by atoms with Crippen LogP contribution in [0.5, 0.6) is 0 Å². The van der Waals surface area contributed by atoms with Crippen LogP contribution in [-0.2, 0) is 0 Å². The first-order valence-electron chi connectivity index (χ1n) is 6.76. The molecule has 0 amide bonds. The summed E-state index contributed by atoms with van der Waals surface area (Å²) < 4.78 is 1.79. The fraction of sp³-hybridized carbons (Fsp3) is 0.400. The quantitative estimate of drug-likeness (QED) is 0.869. The van der Waals surface area contributed by atoms with E-state index in [9.17, 15) is 5.11 Å². The van der Waals surface area contributed by atoms with Gasteiger partial charge in [-0.2, -0.15) is 5.10 Å². The van der Waals surface area contributed by atoms with E-state index >= 15 is 0 Å². The van der Waals surface area contributed by atoms with Gasteiger partial charge in [-0.05, 0) is 31.7 Å². The Morgan fingerprint density at radius 3 is 2.79 bits per heavy atom. The molecular weight excluding hydrogens is 238 g/mol. The summed E-state index contributed by atoms with van der Waals surface area (Å²) in [6, 6.07) is 10.1. The number of nitrogens with zero attached hydrogens (tertiary/aromatic N) is 2. The molecule has 1 aliphatic carbocycles. The largest absolute Gasteiger partial charge is 0.391 e. The molecule has 1 heterocycles. The van der Waals surface area contributed by atoms with E-state index in [0.29, 0.717) is 5.82 Å². The zero-order valence-corrected chi connectivity index (χ0v) is 11.1. The number of benzene rings is 1. The first-order chi connectivity index (χ1) is 9.16. The summed E-state index contributed by atoms with van der Waals surface area (Å²) in [7, 11) is 0. The fourth-order valence-corrected chi connectivity index (χ4v) is 2.87. The molecule has 100 valence electrons. The lowest BCUT2D eigenvalue weighted by Crippen LogP contribution is -2.20. The number of aliphatic hydroxyl groups excluding tert-OH is 1. The van der Waals surface area contributed by atoms with E-state index in [-0.39, 0.29) is 12.1 Å². The summed E-state index contributed by atoms with van der Waals surface area (Å²) in [5.74, 6) is 0.629. The second-order valence-corrected chi connectivity index (χ2v) is 5.28. The second kappa shape index (κ2) is 4.70. The third kappa shape index (κ3) is 2.12. The highest BCUT2D eigenvalue weighted by Crippen LogP contribution is 2.33. The van der Waals surface area contributed by atoms with Crippen LogP contribution in [0, 0.1) is 6.92 Å². The smallest absolute Gasteiger partial charge is 0.122 e. The number of nitrogen functional groups attached to an aromatic ring is 1. The summed E-state index contributed by atoms with van der Waals surface area (Å²) in [6.07, 6.45) is 2.49. The molecular formula is C15H19N3O. The van der Waals surface area contributed by atoms with Crippen LogP contribution in [0.25, 0.3) is 11.3 Å². The van der Waals surface area contributed by atoms with Crippen molar-refractivity contribution in [1.82, 2.24) is 9.78 Å². The number of hydrogen-bond acceptors (Lipinski definition) is 3. The summed E-state index contributed by atoms with van der Waals surface area (Å²) in [5.41, 5.74) is 9.22. The summed E-state index contributed by atoms with van der Waals surface area (Å²) in [4.78, 5) is 0. The molecule has 3 N–H and O–H groups in total. The van der Waals surface area contributed by atoms with Gasteiger partial charge in [0, 0.05) is 11.6 Å². The Labute approximate surface area is 112 Å². The molecule has 1 saturated carbocycles. The Morgan fingerprint density at radius 2 is 2.11 bits per heavy atom. The van der Waals surface area contributed by atoms with Crippen molar-refractivity contribution < 1.29 is 5.11 Å². The van der Waals surface area contributed by atoms with E-state index in [4.69, 9.17) is 5.73 Å². The van der Waals surface area contributed by atoms with Crippen molar-refractivity contribution in [2.24, 2.45) is 0 Å². The van der Waals surface area contributed by atoms with Crippen LogP contribution in [0.2, 0.25) is 0 Å². The van der Waals surface area contributed by atoms with Gasteiger partial charge in [0.25, 0.3) is 0 Å². The third-order valence-electron chi connectivity index (χ3n) is 3.94. The predicted octanol–water partition coefficient (Wildman–Crippen LogP) is 2.53. The van der Waals surface area contributed by atoms with Crippen molar-refractivity contribution in [1.29, 1.82) is 0 Å². The molecule has 2 atom stereocenters. The van der Waals surface area contributed by atoms with Crippen molar-refractivity contribution in [3.05, 3.63) is 35.9 Å². The van der Waals surface area contributed by atoms with Crippen LogP contribution in [-0.4, -0.2) is 21.0 Å². The van der Waals surface area contributed by atoms with Gasteiger partial charge >= 0.3 is 0 Å². The molecule has 1 aromatic heterocycles. The average molecular weight is 257 g/mol. The van der Waals surface area contributed by atoms with E-state index in [1.54, 1.807) is 4.68 Å². The molecule has 0 bridgehead atoms. The molecule has 2 unspecified atom stereocenters. The first kappa shape index (κ1) is 12.2. The zero-order valence-electron chi connectivity index (χ0n) is 11.1. The van der Waals surface area contributed by atoms with E-state index in [1.165, 1.54) is 5.56 Å². The predicted molar refractivity (Wildman–Crippen MR) is 75.7 cm³/mol. The number of aliphatic hydroxyl groups is 1. The molecule has 3 rings (SSSR count). The lowest BCUT2D eigenvalue weighted by molar-refractivity contribution is 0.131. The summed E-state index contributed by atoms with van der Waals surface area (Å²) >= 11 is 0. The Balaban J connectivity index is 2.00. The normalized spacial score (nSPS) is 22.8. The minimum Gasteiger partial charge on any atom is -0.391 e. The standard InChI is InChI=1S/C15H19N3O/c1-10-5-2-3-6-11(10)12-9-15(16)18(17-12)13-7-4-8-14(13)19/h2-3,5-6,9,13-14,19H,4,7-8,16H2,1H3. The number of nitrogens with two attached hydrogens (primary N) is 1. The van der Waals surface area contributed by atoms with Crippen molar-refractivity contribution in [3.63, 3.8) is 0 Å². The lowest BCUT2D eigenvalue weighted by Gasteiger charge is -2.16. The van der Waals surface area contributed by atoms with Crippen LogP contribution < -0.4 is 5.73 Å². The second-order valence-electron chi connectivity index (χ2n) is 5.28. The van der Waals surface area contributed by atoms with Gasteiger partial charge in [0.15, 0.2) is 0 Å². The Morgan fingerprint density at radius 1 is 1.32 bits per heavy atom. The minimum absolute atomic E-state index is 0.0257. The van der Waals surface area contributed by atoms with Gasteiger partial charge < -0.3 is 10.8 Å². The average Bonchev–Trinajstić information content (AvgIpc) is 2.96. The van der Waals surface area contributed by atoms with Crippen LogP contribution in [0.3, 0.4) is 0 Å². The van der Waals surface area contributed by atoms with Crippen LogP contribution >= 0.6 is 0 Å². The molecule has 1 aliphatic rings. The van der Waals surface area contributed by atoms with Gasteiger partial charge in [0.1, 0.15) is 5.82 Å². The van der Waals surface area contributed by atoms with Crippen molar-refractivity contribution in [2.45, 2.75) is 38.3 Å². The maximum atomic E-state index is 9.98. The Hall–Kier alpha value is -1.81. The van der Waals surface area contributed by atoms with E-state index in [0.717, 1.165) is 30.5 Å². The molecule has 4 heteroatoms. The monoisotopic (exact) mass is 257 g/mol. The zero-order chi connectivity index (χ0) is 13.4. The lowest BCUT2D eigenvalue weighted by atomic mass is 10.1. The van der Waals surface area contributed by atoms with Gasteiger partial charge in [0.05, 0.1) is 17.8 Å². The van der Waals surface area contributed by atoms with Crippen LogP contribution in [0.4, 0.5) is 5.82 Å². The van der Waals surface area contributed by atoms with Gasteiger partial charge in [0.2, 0.25) is 0 Å². The van der Waals surface area contributed by atoms with Crippen LogP contribution in [0.1, 0.15) is 30.9 Å². The topological polar surface area (TPSA) is 64.1 Å². The highest BCUT2D eigenvalue weighted by atomic mass is 16.3. The van der Waals surface area contributed by atoms with Gasteiger partial charge in [-0.15, -0.1) is 0 Å². The highest BCUT2D eigenvalue weighted by Gasteiger charge is 2.29. The number of hydrogen-bond donors (Lipinski definition) is 2. The SMILES string of the molecule is Cc1ccccc1-c1cc(N)n(C2CCCC2O)n1. The van der Waals surface area contributed by atoms with Gasteiger partial charge in [-0.3, -0.25) is 0 Å². The van der Waals surface area contributed by atoms with Crippen molar-refractivity contribution in [3.8, 4) is 11.3 Å². The molecule has 0 saturated heterocycles. The fourth-order valence-electron chi connectivity index (χ4n) is 2.87. The van der Waals surface area contributed by atoms with Crippen LogP contribution in [0.15, 0.2) is 30.3 Å². The van der Waals surface area contributed by atoms with Gasteiger partial charge in [-0.25, -0.2) is 4.68 Å². The molecule has 2 aromatic rings. The number of anilines is 1. The highest BCUT2D eigenvalue weighted by molar-refractivity contribution is 5.65. The molecule has 0 aliphatic heterocycles. The number of aryl methyl sites for hydroxylation is 1. The molecule has 4 nitrogen and oxygen atoms in total. The third-order valence-corrected chi connectivity index (χ3v) is 3.94. The molecule has 0 radical (unpaired) electrons. The number of aromatic nitrogens is 2. The molecule has 19 heavy (non-hydrogen) atoms. The number of rotatable bonds is 2. The molecule has 0 spiro atoms. The first-order valence-corrected chi connectivity index (χ1v) is 6.76. The van der Waals surface area contributed by atoms with E-state index < -0.39 is 0 Å². The van der Waals surface area contributed by atoms with Gasteiger partial charge in [-0.1, -0.05) is 24.3 Å². The maximum absolute atomic E-state index is 9.98. The van der Waals surface area contributed by atoms with E-state index in [2.05, 4.69) is 18.1 Å². The van der Waals surface area contributed by atoms with Crippen molar-refractivity contribution in [2.75, 3.05) is 5.73 Å². The Kier molecular flexibility index (Phi) is 3.03. The molecule has 1 aromatic carbocycles. The molecule has 1 fully saturated rings.